The summed E-state index contributed by atoms with van der Waals surface area (Å²) in [6.07, 6.45) is 1.60. The molecule has 0 fully saturated rings. The Bertz CT molecular complexity index is 988. The van der Waals surface area contributed by atoms with E-state index >= 15 is 0 Å². The molecule has 1 heterocycles. The number of rotatable bonds is 2. The van der Waals surface area contributed by atoms with Crippen molar-refractivity contribution in [1.29, 1.82) is 0 Å². The van der Waals surface area contributed by atoms with Crippen LogP contribution in [-0.4, -0.2) is 15.9 Å². The van der Waals surface area contributed by atoms with Gasteiger partial charge in [0.25, 0.3) is 0 Å². The minimum atomic E-state index is -0.383. The van der Waals surface area contributed by atoms with E-state index in [-0.39, 0.29) is 5.97 Å². The van der Waals surface area contributed by atoms with Gasteiger partial charge >= 0.3 is 5.97 Å². The Hall–Kier alpha value is -3.14. The normalized spacial score (nSPS) is 10.9. The zero-order valence-electron chi connectivity index (χ0n) is 11.6. The lowest BCUT2D eigenvalue weighted by Gasteiger charge is -2.06. The smallest absolute Gasteiger partial charge is 0.343 e. The molecule has 0 saturated heterocycles. The van der Waals surface area contributed by atoms with Crippen LogP contribution in [0.3, 0.4) is 0 Å². The standard InChI is InChI=1S/C18H12N2O2/c21-18(14-6-8-16-17(10-14)20-11-19-16)22-15-7-5-12-3-1-2-4-13(12)9-15/h1-11H,(H,19,20). The molecular weight excluding hydrogens is 276 g/mol. The minimum absolute atomic E-state index is 0.383. The van der Waals surface area contributed by atoms with E-state index in [4.69, 9.17) is 4.74 Å². The summed E-state index contributed by atoms with van der Waals surface area (Å²) < 4.78 is 5.46. The Morgan fingerprint density at radius 2 is 1.82 bits per heavy atom. The Morgan fingerprint density at radius 3 is 2.73 bits per heavy atom. The van der Waals surface area contributed by atoms with Gasteiger partial charge in [-0.25, -0.2) is 9.78 Å². The molecule has 0 unspecified atom stereocenters. The number of aromatic amines is 1. The highest BCUT2D eigenvalue weighted by Crippen LogP contribution is 2.22. The van der Waals surface area contributed by atoms with Crippen LogP contribution in [-0.2, 0) is 0 Å². The van der Waals surface area contributed by atoms with Crippen LogP contribution < -0.4 is 4.74 Å². The number of nitrogens with zero attached hydrogens (tertiary/aromatic N) is 1. The van der Waals surface area contributed by atoms with Crippen molar-refractivity contribution >= 4 is 27.8 Å². The quantitative estimate of drug-likeness (QED) is 0.449. The van der Waals surface area contributed by atoms with E-state index in [0.717, 1.165) is 21.8 Å². The van der Waals surface area contributed by atoms with Gasteiger partial charge in [-0.2, -0.15) is 0 Å². The Morgan fingerprint density at radius 1 is 0.955 bits per heavy atom. The van der Waals surface area contributed by atoms with Crippen molar-refractivity contribution < 1.29 is 9.53 Å². The Labute approximate surface area is 126 Å². The molecule has 4 aromatic rings. The second-order valence-corrected chi connectivity index (χ2v) is 5.03. The van der Waals surface area contributed by atoms with Crippen molar-refractivity contribution in [2.45, 2.75) is 0 Å². The van der Waals surface area contributed by atoms with Gasteiger partial charge in [-0.05, 0) is 41.1 Å². The number of hydrogen-bond donors (Lipinski definition) is 1. The van der Waals surface area contributed by atoms with Crippen molar-refractivity contribution in [3.63, 3.8) is 0 Å². The third-order valence-electron chi connectivity index (χ3n) is 3.59. The lowest BCUT2D eigenvalue weighted by molar-refractivity contribution is 0.0735. The number of esters is 1. The molecule has 1 N–H and O–H groups in total. The zero-order chi connectivity index (χ0) is 14.9. The van der Waals surface area contributed by atoms with Crippen molar-refractivity contribution in [1.82, 2.24) is 9.97 Å². The van der Waals surface area contributed by atoms with Gasteiger partial charge in [0.05, 0.1) is 22.9 Å². The molecule has 0 spiro atoms. The molecule has 4 rings (SSSR count). The average molecular weight is 288 g/mol. The summed E-state index contributed by atoms with van der Waals surface area (Å²) in [7, 11) is 0. The van der Waals surface area contributed by atoms with Gasteiger partial charge in [0.1, 0.15) is 5.75 Å². The van der Waals surface area contributed by atoms with E-state index in [1.165, 1.54) is 0 Å². The molecule has 0 aliphatic rings. The van der Waals surface area contributed by atoms with Gasteiger partial charge in [0, 0.05) is 0 Å². The first-order valence-corrected chi connectivity index (χ1v) is 6.94. The summed E-state index contributed by atoms with van der Waals surface area (Å²) in [5.41, 5.74) is 2.13. The van der Waals surface area contributed by atoms with Crippen LogP contribution in [0.4, 0.5) is 0 Å². The molecule has 0 saturated carbocycles. The van der Waals surface area contributed by atoms with Crippen LogP contribution in [0.2, 0.25) is 0 Å². The summed E-state index contributed by atoms with van der Waals surface area (Å²) in [5, 5.41) is 2.15. The zero-order valence-corrected chi connectivity index (χ0v) is 11.6. The van der Waals surface area contributed by atoms with Crippen molar-refractivity contribution in [3.8, 4) is 5.75 Å². The molecule has 106 valence electrons. The first-order valence-electron chi connectivity index (χ1n) is 6.94. The summed E-state index contributed by atoms with van der Waals surface area (Å²) in [5.74, 6) is 0.153. The average Bonchev–Trinajstić information content (AvgIpc) is 3.02. The van der Waals surface area contributed by atoms with Crippen molar-refractivity contribution in [2.75, 3.05) is 0 Å². The monoisotopic (exact) mass is 288 g/mol. The maximum atomic E-state index is 12.3. The SMILES string of the molecule is O=C(Oc1ccc2ccccc2c1)c1ccc2nc[nH]c2c1. The molecule has 4 heteroatoms. The summed E-state index contributed by atoms with van der Waals surface area (Å²) >= 11 is 0. The number of carbonyl (C=O) groups excluding carboxylic acids is 1. The lowest BCUT2D eigenvalue weighted by atomic mass is 10.1. The van der Waals surface area contributed by atoms with Crippen LogP contribution >= 0.6 is 0 Å². The van der Waals surface area contributed by atoms with Crippen LogP contribution in [0.25, 0.3) is 21.8 Å². The number of imidazole rings is 1. The maximum absolute atomic E-state index is 12.3. The molecule has 0 atom stereocenters. The van der Waals surface area contributed by atoms with Gasteiger partial charge in [-0.15, -0.1) is 0 Å². The van der Waals surface area contributed by atoms with Crippen LogP contribution in [0, 0.1) is 0 Å². The molecular formula is C18H12N2O2. The van der Waals surface area contributed by atoms with Crippen LogP contribution in [0.5, 0.6) is 5.75 Å². The van der Waals surface area contributed by atoms with Crippen LogP contribution in [0.15, 0.2) is 67.0 Å². The molecule has 0 aliphatic heterocycles. The fourth-order valence-corrected chi connectivity index (χ4v) is 2.46. The van der Waals surface area contributed by atoms with E-state index in [2.05, 4.69) is 9.97 Å². The topological polar surface area (TPSA) is 55.0 Å². The fraction of sp³-hybridized carbons (Fsp3) is 0. The van der Waals surface area contributed by atoms with E-state index < -0.39 is 0 Å². The molecule has 0 bridgehead atoms. The highest BCUT2D eigenvalue weighted by Gasteiger charge is 2.10. The number of hydrogen-bond acceptors (Lipinski definition) is 3. The van der Waals surface area contributed by atoms with Gasteiger partial charge in [-0.1, -0.05) is 30.3 Å². The number of ether oxygens (including phenoxy) is 1. The second-order valence-electron chi connectivity index (χ2n) is 5.03. The summed E-state index contributed by atoms with van der Waals surface area (Å²) in [4.78, 5) is 19.4. The molecule has 1 aromatic heterocycles. The molecule has 3 aromatic carbocycles. The predicted octanol–water partition coefficient (Wildman–Crippen LogP) is 3.94. The van der Waals surface area contributed by atoms with E-state index in [1.807, 2.05) is 36.4 Å². The second kappa shape index (κ2) is 5.00. The summed E-state index contributed by atoms with van der Waals surface area (Å²) in [6.45, 7) is 0. The number of H-pyrrole nitrogens is 1. The number of fused-ring (bicyclic) bond motifs is 2. The molecule has 0 radical (unpaired) electrons. The Kier molecular flexibility index (Phi) is 2.86. The largest absolute Gasteiger partial charge is 0.423 e. The van der Waals surface area contributed by atoms with Crippen molar-refractivity contribution in [3.05, 3.63) is 72.6 Å². The number of benzene rings is 3. The minimum Gasteiger partial charge on any atom is -0.423 e. The fourth-order valence-electron chi connectivity index (χ4n) is 2.46. The van der Waals surface area contributed by atoms with Gasteiger partial charge in [0.15, 0.2) is 0 Å². The maximum Gasteiger partial charge on any atom is 0.343 e. The van der Waals surface area contributed by atoms with Crippen molar-refractivity contribution in [2.24, 2.45) is 0 Å². The van der Waals surface area contributed by atoms with E-state index in [1.54, 1.807) is 30.6 Å². The third-order valence-corrected chi connectivity index (χ3v) is 3.59. The third kappa shape index (κ3) is 2.20. The highest BCUT2D eigenvalue weighted by atomic mass is 16.5. The first kappa shape index (κ1) is 12.6. The predicted molar refractivity (Wildman–Crippen MR) is 85.0 cm³/mol. The summed E-state index contributed by atoms with van der Waals surface area (Å²) in [6, 6.07) is 18.8. The number of nitrogens with one attached hydrogen (secondary N) is 1. The van der Waals surface area contributed by atoms with Gasteiger partial charge in [-0.3, -0.25) is 0 Å². The van der Waals surface area contributed by atoms with E-state index in [9.17, 15) is 4.79 Å². The Balaban J connectivity index is 1.64. The number of aromatic nitrogens is 2. The number of carbonyl (C=O) groups is 1. The molecule has 0 amide bonds. The van der Waals surface area contributed by atoms with Gasteiger partial charge < -0.3 is 9.72 Å². The van der Waals surface area contributed by atoms with Gasteiger partial charge in [0.2, 0.25) is 0 Å². The molecule has 0 aliphatic carbocycles. The molecule has 4 nitrogen and oxygen atoms in total. The first-order chi connectivity index (χ1) is 10.8. The highest BCUT2D eigenvalue weighted by molar-refractivity contribution is 5.95. The molecule has 22 heavy (non-hydrogen) atoms. The van der Waals surface area contributed by atoms with E-state index in [0.29, 0.717) is 11.3 Å². The van der Waals surface area contributed by atoms with Crippen LogP contribution in [0.1, 0.15) is 10.4 Å². The lowest BCUT2D eigenvalue weighted by Crippen LogP contribution is -2.08.